The fourth-order valence-corrected chi connectivity index (χ4v) is 2.52. The van der Waals surface area contributed by atoms with Crippen molar-refractivity contribution in [2.75, 3.05) is 0 Å². The largest absolute Gasteiger partial charge is 0.464 e. The summed E-state index contributed by atoms with van der Waals surface area (Å²) in [6.07, 6.45) is 5.78. The van der Waals surface area contributed by atoms with E-state index in [9.17, 15) is 4.79 Å². The number of aromatic nitrogens is 2. The zero-order valence-electron chi connectivity index (χ0n) is 13.0. The summed E-state index contributed by atoms with van der Waals surface area (Å²) in [5, 5.41) is 7.21. The van der Waals surface area contributed by atoms with Gasteiger partial charge in [0.25, 0.3) is 0 Å². The van der Waals surface area contributed by atoms with Crippen LogP contribution in [0.3, 0.4) is 0 Å². The van der Waals surface area contributed by atoms with Crippen molar-refractivity contribution in [1.29, 1.82) is 0 Å². The highest BCUT2D eigenvalue weighted by Crippen LogP contribution is 2.28. The summed E-state index contributed by atoms with van der Waals surface area (Å²) in [7, 11) is 0. The SMILES string of the molecule is Cc1ccc(CN(C(=O)N[C@H](C)Cn2cccn2)C2CC2)o1. The zero-order valence-corrected chi connectivity index (χ0v) is 13.0. The first-order chi connectivity index (χ1) is 10.6. The van der Waals surface area contributed by atoms with Crippen LogP contribution < -0.4 is 5.32 Å². The minimum atomic E-state index is -0.0313. The van der Waals surface area contributed by atoms with Gasteiger partial charge in [0.1, 0.15) is 11.5 Å². The van der Waals surface area contributed by atoms with Crippen LogP contribution in [0, 0.1) is 6.92 Å². The highest BCUT2D eigenvalue weighted by molar-refractivity contribution is 5.75. The lowest BCUT2D eigenvalue weighted by molar-refractivity contribution is 0.182. The maximum atomic E-state index is 12.5. The number of aryl methyl sites for hydroxylation is 1. The number of carbonyl (C=O) groups excluding carboxylic acids is 1. The molecule has 1 N–H and O–H groups in total. The predicted octanol–water partition coefficient (Wildman–Crippen LogP) is 2.55. The number of hydrogen-bond donors (Lipinski definition) is 1. The molecule has 6 heteroatoms. The van der Waals surface area contributed by atoms with Gasteiger partial charge in [-0.05, 0) is 44.9 Å². The number of nitrogens with one attached hydrogen (secondary N) is 1. The van der Waals surface area contributed by atoms with Gasteiger partial charge in [0.15, 0.2) is 0 Å². The summed E-state index contributed by atoms with van der Waals surface area (Å²) in [5.74, 6) is 1.71. The van der Waals surface area contributed by atoms with E-state index in [2.05, 4.69) is 10.4 Å². The Morgan fingerprint density at radius 2 is 2.36 bits per heavy atom. The third kappa shape index (κ3) is 3.69. The molecule has 2 aromatic heterocycles. The van der Waals surface area contributed by atoms with E-state index in [1.807, 2.05) is 47.8 Å². The number of furan rings is 1. The number of nitrogens with zero attached hydrogens (tertiary/aromatic N) is 3. The van der Waals surface area contributed by atoms with Gasteiger partial charge in [-0.2, -0.15) is 5.10 Å². The van der Waals surface area contributed by atoms with E-state index in [0.717, 1.165) is 24.4 Å². The van der Waals surface area contributed by atoms with Crippen LogP contribution in [0.15, 0.2) is 35.0 Å². The smallest absolute Gasteiger partial charge is 0.318 e. The molecule has 22 heavy (non-hydrogen) atoms. The van der Waals surface area contributed by atoms with Crippen LogP contribution in [-0.2, 0) is 13.1 Å². The molecule has 0 aromatic carbocycles. The van der Waals surface area contributed by atoms with Crippen molar-refractivity contribution in [3.63, 3.8) is 0 Å². The Balaban J connectivity index is 1.57. The molecule has 1 saturated carbocycles. The Morgan fingerprint density at radius 1 is 1.55 bits per heavy atom. The molecule has 1 aliphatic rings. The van der Waals surface area contributed by atoms with Gasteiger partial charge in [-0.15, -0.1) is 0 Å². The first-order valence-corrected chi connectivity index (χ1v) is 7.71. The van der Waals surface area contributed by atoms with Crippen molar-refractivity contribution in [3.8, 4) is 0 Å². The van der Waals surface area contributed by atoms with Crippen LogP contribution in [-0.4, -0.2) is 32.8 Å². The van der Waals surface area contributed by atoms with E-state index in [0.29, 0.717) is 19.1 Å². The van der Waals surface area contributed by atoms with E-state index in [-0.39, 0.29) is 12.1 Å². The predicted molar refractivity (Wildman–Crippen MR) is 82.2 cm³/mol. The third-order valence-corrected chi connectivity index (χ3v) is 3.76. The summed E-state index contributed by atoms with van der Waals surface area (Å²) in [4.78, 5) is 14.4. The van der Waals surface area contributed by atoms with E-state index in [4.69, 9.17) is 4.42 Å². The Bertz CT molecular complexity index is 616. The molecule has 0 spiro atoms. The number of hydrogen-bond acceptors (Lipinski definition) is 3. The molecule has 0 aliphatic heterocycles. The van der Waals surface area contributed by atoms with E-state index in [1.165, 1.54) is 0 Å². The molecule has 1 atom stereocenters. The van der Waals surface area contributed by atoms with Crippen LogP contribution in [0.1, 0.15) is 31.3 Å². The van der Waals surface area contributed by atoms with E-state index >= 15 is 0 Å². The average Bonchev–Trinajstić information content (AvgIpc) is 3.02. The Hall–Kier alpha value is -2.24. The molecular formula is C16H22N4O2. The maximum absolute atomic E-state index is 12.5. The van der Waals surface area contributed by atoms with E-state index < -0.39 is 0 Å². The molecule has 1 fully saturated rings. The molecule has 118 valence electrons. The fourth-order valence-electron chi connectivity index (χ4n) is 2.52. The molecule has 6 nitrogen and oxygen atoms in total. The molecule has 0 unspecified atom stereocenters. The number of amides is 2. The van der Waals surface area contributed by atoms with Crippen molar-refractivity contribution in [1.82, 2.24) is 20.0 Å². The Kier molecular flexibility index (Phi) is 4.18. The molecular weight excluding hydrogens is 280 g/mol. The molecule has 1 aliphatic carbocycles. The van der Waals surface area contributed by atoms with Crippen molar-refractivity contribution in [2.24, 2.45) is 0 Å². The van der Waals surface area contributed by atoms with E-state index in [1.54, 1.807) is 6.20 Å². The monoisotopic (exact) mass is 302 g/mol. The van der Waals surface area contributed by atoms with Gasteiger partial charge in [0.05, 0.1) is 13.1 Å². The zero-order chi connectivity index (χ0) is 15.5. The minimum absolute atomic E-state index is 0.0204. The molecule has 3 rings (SSSR count). The lowest BCUT2D eigenvalue weighted by Crippen LogP contribution is -2.45. The Morgan fingerprint density at radius 3 is 2.95 bits per heavy atom. The van der Waals surface area contributed by atoms with Crippen LogP contribution in [0.2, 0.25) is 0 Å². The van der Waals surface area contributed by atoms with Crippen LogP contribution in [0.5, 0.6) is 0 Å². The highest BCUT2D eigenvalue weighted by Gasteiger charge is 2.33. The second kappa shape index (κ2) is 6.25. The lowest BCUT2D eigenvalue weighted by atomic mass is 10.3. The quantitative estimate of drug-likeness (QED) is 0.892. The standard InChI is InChI=1S/C16H22N4O2/c1-12(10-19-9-3-8-17-19)18-16(21)20(14-5-6-14)11-15-7-4-13(2)22-15/h3-4,7-9,12,14H,5-6,10-11H2,1-2H3,(H,18,21)/t12-/m1/s1. The van der Waals surface area contributed by atoms with Crippen molar-refractivity contribution >= 4 is 6.03 Å². The number of urea groups is 1. The Labute approximate surface area is 130 Å². The minimum Gasteiger partial charge on any atom is -0.464 e. The summed E-state index contributed by atoms with van der Waals surface area (Å²) < 4.78 is 7.42. The van der Waals surface area contributed by atoms with Crippen LogP contribution in [0.25, 0.3) is 0 Å². The highest BCUT2D eigenvalue weighted by atomic mass is 16.3. The van der Waals surface area contributed by atoms with Crippen LogP contribution >= 0.6 is 0 Å². The lowest BCUT2D eigenvalue weighted by Gasteiger charge is -2.24. The molecule has 0 bridgehead atoms. The van der Waals surface area contributed by atoms with Crippen molar-refractivity contribution in [2.45, 2.75) is 51.9 Å². The topological polar surface area (TPSA) is 63.3 Å². The average molecular weight is 302 g/mol. The summed E-state index contributed by atoms with van der Waals surface area (Å²) >= 11 is 0. The molecule has 2 aromatic rings. The molecule has 0 saturated heterocycles. The second-order valence-electron chi connectivity index (χ2n) is 5.95. The second-order valence-corrected chi connectivity index (χ2v) is 5.95. The number of carbonyl (C=O) groups is 1. The van der Waals surface area contributed by atoms with Gasteiger partial charge >= 0.3 is 6.03 Å². The van der Waals surface area contributed by atoms with Crippen LogP contribution in [0.4, 0.5) is 4.79 Å². The normalized spacial score (nSPS) is 15.5. The first kappa shape index (κ1) is 14.7. The molecule has 2 heterocycles. The summed E-state index contributed by atoms with van der Waals surface area (Å²) in [6, 6.07) is 6.07. The van der Waals surface area contributed by atoms with Crippen molar-refractivity contribution in [3.05, 3.63) is 42.1 Å². The fraction of sp³-hybridized carbons (Fsp3) is 0.500. The maximum Gasteiger partial charge on any atom is 0.318 e. The summed E-state index contributed by atoms with van der Waals surface area (Å²) in [6.45, 7) is 5.09. The van der Waals surface area contributed by atoms with Gasteiger partial charge in [0, 0.05) is 24.5 Å². The van der Waals surface area contributed by atoms with Gasteiger partial charge in [-0.25, -0.2) is 4.79 Å². The van der Waals surface area contributed by atoms with Gasteiger partial charge in [-0.3, -0.25) is 4.68 Å². The van der Waals surface area contributed by atoms with Gasteiger partial charge < -0.3 is 14.6 Å². The van der Waals surface area contributed by atoms with Gasteiger partial charge in [0.2, 0.25) is 0 Å². The van der Waals surface area contributed by atoms with Gasteiger partial charge in [-0.1, -0.05) is 0 Å². The van der Waals surface area contributed by atoms with Crippen molar-refractivity contribution < 1.29 is 9.21 Å². The summed E-state index contributed by atoms with van der Waals surface area (Å²) in [5.41, 5.74) is 0. The number of rotatable bonds is 6. The molecule has 2 amide bonds. The molecule has 0 radical (unpaired) electrons. The third-order valence-electron chi connectivity index (χ3n) is 3.76. The first-order valence-electron chi connectivity index (χ1n) is 7.71.